The van der Waals surface area contributed by atoms with E-state index in [2.05, 4.69) is 26.1 Å². The quantitative estimate of drug-likeness (QED) is 0.943. The highest BCUT2D eigenvalue weighted by Crippen LogP contribution is 2.27. The second kappa shape index (κ2) is 5.07. The minimum atomic E-state index is 0.0865. The van der Waals surface area contributed by atoms with Crippen molar-refractivity contribution >= 4 is 27.3 Å². The van der Waals surface area contributed by atoms with Crippen LogP contribution in [0.5, 0.6) is 0 Å². The normalized spacial score (nSPS) is 12.9. The maximum atomic E-state index is 5.82. The van der Waals surface area contributed by atoms with Gasteiger partial charge in [-0.25, -0.2) is 0 Å². The molecule has 0 fully saturated rings. The molecule has 0 aromatic carbocycles. The number of nitrogens with zero attached hydrogens (tertiary/aromatic N) is 2. The molecule has 0 bridgehead atoms. The second-order valence-corrected chi connectivity index (χ2v) is 5.34. The van der Waals surface area contributed by atoms with Gasteiger partial charge in [-0.05, 0) is 28.4 Å². The monoisotopic (exact) mass is 301 g/mol. The molecule has 1 atom stereocenters. The Morgan fingerprint density at radius 1 is 1.62 bits per heavy atom. The third kappa shape index (κ3) is 2.69. The lowest BCUT2D eigenvalue weighted by molar-refractivity contribution is 0.368. The van der Waals surface area contributed by atoms with Crippen molar-refractivity contribution in [2.24, 2.45) is 5.73 Å². The summed E-state index contributed by atoms with van der Waals surface area (Å²) in [4.78, 5) is 5.31. The van der Waals surface area contributed by atoms with E-state index in [0.717, 1.165) is 15.8 Å². The molecule has 4 nitrogen and oxygen atoms in total. The molecular formula is C10H12BrN3OS. The average molecular weight is 302 g/mol. The molecular weight excluding hydrogens is 290 g/mol. The predicted octanol–water partition coefficient (Wildman–Crippen LogP) is 2.84. The van der Waals surface area contributed by atoms with Gasteiger partial charge in [0.05, 0.1) is 4.88 Å². The molecule has 0 saturated heterocycles. The van der Waals surface area contributed by atoms with E-state index in [1.807, 2.05) is 18.4 Å². The molecule has 0 aliphatic carbocycles. The molecule has 0 radical (unpaired) electrons. The summed E-state index contributed by atoms with van der Waals surface area (Å²) >= 11 is 4.97. The van der Waals surface area contributed by atoms with Crippen LogP contribution in [0.15, 0.2) is 20.4 Å². The van der Waals surface area contributed by atoms with E-state index >= 15 is 0 Å². The van der Waals surface area contributed by atoms with Crippen molar-refractivity contribution in [1.82, 2.24) is 10.1 Å². The van der Waals surface area contributed by atoms with Crippen LogP contribution in [0.3, 0.4) is 0 Å². The van der Waals surface area contributed by atoms with Gasteiger partial charge in [0.2, 0.25) is 11.7 Å². The summed E-state index contributed by atoms with van der Waals surface area (Å²) in [5.41, 5.74) is 5.82. The van der Waals surface area contributed by atoms with Crippen LogP contribution in [0.1, 0.15) is 19.2 Å². The van der Waals surface area contributed by atoms with Crippen LogP contribution in [0.25, 0.3) is 10.7 Å². The summed E-state index contributed by atoms with van der Waals surface area (Å²) in [6, 6.07) is 2.06. The molecule has 2 rings (SSSR count). The molecule has 2 aromatic heterocycles. The Balaban J connectivity index is 2.13. The first-order chi connectivity index (χ1) is 7.69. The molecule has 0 amide bonds. The Hall–Kier alpha value is -0.720. The minimum Gasteiger partial charge on any atom is -0.339 e. The van der Waals surface area contributed by atoms with Gasteiger partial charge >= 0.3 is 0 Å². The van der Waals surface area contributed by atoms with E-state index in [0.29, 0.717) is 18.1 Å². The Morgan fingerprint density at radius 3 is 3.06 bits per heavy atom. The van der Waals surface area contributed by atoms with E-state index in [1.54, 1.807) is 11.3 Å². The van der Waals surface area contributed by atoms with Crippen molar-refractivity contribution in [3.05, 3.63) is 21.8 Å². The van der Waals surface area contributed by atoms with Gasteiger partial charge in [-0.1, -0.05) is 12.1 Å². The lowest BCUT2D eigenvalue weighted by Gasteiger charge is -2.02. The van der Waals surface area contributed by atoms with Crippen LogP contribution in [0.4, 0.5) is 0 Å². The van der Waals surface area contributed by atoms with E-state index < -0.39 is 0 Å². The highest BCUT2D eigenvalue weighted by atomic mass is 79.9. The van der Waals surface area contributed by atoms with Crippen molar-refractivity contribution in [2.75, 3.05) is 0 Å². The van der Waals surface area contributed by atoms with Crippen LogP contribution >= 0.6 is 27.3 Å². The van der Waals surface area contributed by atoms with Crippen LogP contribution in [-0.4, -0.2) is 16.2 Å². The number of nitrogens with two attached hydrogens (primary N) is 1. The lowest BCUT2D eigenvalue weighted by atomic mass is 10.2. The van der Waals surface area contributed by atoms with E-state index in [1.165, 1.54) is 0 Å². The molecule has 0 aliphatic heterocycles. The molecule has 86 valence electrons. The maximum absolute atomic E-state index is 5.82. The second-order valence-electron chi connectivity index (χ2n) is 3.51. The van der Waals surface area contributed by atoms with Gasteiger partial charge in [0.25, 0.3) is 0 Å². The van der Waals surface area contributed by atoms with Crippen LogP contribution in [-0.2, 0) is 6.42 Å². The zero-order chi connectivity index (χ0) is 11.5. The first kappa shape index (κ1) is 11.8. The zero-order valence-electron chi connectivity index (χ0n) is 8.81. The molecule has 2 aromatic rings. The van der Waals surface area contributed by atoms with Crippen molar-refractivity contribution in [3.63, 3.8) is 0 Å². The maximum Gasteiger partial charge on any atom is 0.228 e. The lowest BCUT2D eigenvalue weighted by Crippen LogP contribution is -2.21. The summed E-state index contributed by atoms with van der Waals surface area (Å²) in [5.74, 6) is 1.24. The standard InChI is InChI=1S/C10H12BrN3OS/c1-2-7(12)4-9-13-10(14-15-9)8-3-6(11)5-16-8/h3,5,7H,2,4,12H2,1H3. The van der Waals surface area contributed by atoms with Gasteiger partial charge < -0.3 is 10.3 Å². The molecule has 16 heavy (non-hydrogen) atoms. The first-order valence-electron chi connectivity index (χ1n) is 5.01. The number of aromatic nitrogens is 2. The fourth-order valence-electron chi connectivity index (χ4n) is 1.24. The highest BCUT2D eigenvalue weighted by molar-refractivity contribution is 9.10. The number of halogens is 1. The molecule has 0 aliphatic rings. The SMILES string of the molecule is CCC(N)Cc1nc(-c2cc(Br)cs2)no1. The Kier molecular flexibility index (Phi) is 3.73. The Morgan fingerprint density at radius 2 is 2.44 bits per heavy atom. The summed E-state index contributed by atoms with van der Waals surface area (Å²) in [5, 5.41) is 5.92. The van der Waals surface area contributed by atoms with Crippen LogP contribution < -0.4 is 5.73 Å². The average Bonchev–Trinajstić information content (AvgIpc) is 2.87. The van der Waals surface area contributed by atoms with Gasteiger partial charge in [0.15, 0.2) is 0 Å². The molecule has 1 unspecified atom stereocenters. The van der Waals surface area contributed by atoms with Crippen LogP contribution in [0, 0.1) is 0 Å². The minimum absolute atomic E-state index is 0.0865. The van der Waals surface area contributed by atoms with Gasteiger partial charge in [-0.2, -0.15) is 4.98 Å². The Labute approximate surface area is 106 Å². The topological polar surface area (TPSA) is 64.9 Å². The number of hydrogen-bond acceptors (Lipinski definition) is 5. The van der Waals surface area contributed by atoms with E-state index in [-0.39, 0.29) is 6.04 Å². The zero-order valence-corrected chi connectivity index (χ0v) is 11.2. The van der Waals surface area contributed by atoms with Crippen molar-refractivity contribution in [1.29, 1.82) is 0 Å². The number of thiophene rings is 1. The summed E-state index contributed by atoms with van der Waals surface area (Å²) in [6.45, 7) is 2.04. The molecule has 2 heterocycles. The first-order valence-corrected chi connectivity index (χ1v) is 6.69. The van der Waals surface area contributed by atoms with Crippen LogP contribution in [0.2, 0.25) is 0 Å². The summed E-state index contributed by atoms with van der Waals surface area (Å²) in [7, 11) is 0. The summed E-state index contributed by atoms with van der Waals surface area (Å²) < 4.78 is 6.18. The van der Waals surface area contributed by atoms with Gasteiger partial charge in [0, 0.05) is 22.3 Å². The third-order valence-corrected chi connectivity index (χ3v) is 3.90. The predicted molar refractivity (Wildman–Crippen MR) is 67.3 cm³/mol. The van der Waals surface area contributed by atoms with E-state index in [9.17, 15) is 0 Å². The molecule has 0 saturated carbocycles. The number of hydrogen-bond donors (Lipinski definition) is 1. The largest absolute Gasteiger partial charge is 0.339 e. The van der Waals surface area contributed by atoms with Crippen molar-refractivity contribution < 1.29 is 4.52 Å². The molecule has 2 N–H and O–H groups in total. The molecule has 0 spiro atoms. The fourth-order valence-corrected chi connectivity index (χ4v) is 2.59. The van der Waals surface area contributed by atoms with Gasteiger partial charge in [0.1, 0.15) is 0 Å². The van der Waals surface area contributed by atoms with Crippen molar-refractivity contribution in [3.8, 4) is 10.7 Å². The third-order valence-electron chi connectivity index (χ3n) is 2.22. The van der Waals surface area contributed by atoms with Gasteiger partial charge in [-0.15, -0.1) is 11.3 Å². The summed E-state index contributed by atoms with van der Waals surface area (Å²) in [6.07, 6.45) is 1.54. The molecule has 6 heteroatoms. The van der Waals surface area contributed by atoms with E-state index in [4.69, 9.17) is 10.3 Å². The highest BCUT2D eigenvalue weighted by Gasteiger charge is 2.12. The van der Waals surface area contributed by atoms with Gasteiger partial charge in [-0.3, -0.25) is 0 Å². The number of rotatable bonds is 4. The Bertz CT molecular complexity index is 468. The smallest absolute Gasteiger partial charge is 0.228 e. The fraction of sp³-hybridized carbons (Fsp3) is 0.400. The van der Waals surface area contributed by atoms with Crippen molar-refractivity contribution in [2.45, 2.75) is 25.8 Å².